The predicted molar refractivity (Wildman–Crippen MR) is 74.8 cm³/mol. The highest BCUT2D eigenvalue weighted by molar-refractivity contribution is 7.85. The van der Waals surface area contributed by atoms with E-state index in [-0.39, 0.29) is 11.8 Å². The molecule has 0 amide bonds. The molecule has 0 bridgehead atoms. The van der Waals surface area contributed by atoms with Gasteiger partial charge in [0.1, 0.15) is 11.0 Å². The van der Waals surface area contributed by atoms with Crippen molar-refractivity contribution < 1.29 is 14.1 Å². The lowest BCUT2D eigenvalue weighted by Gasteiger charge is -2.26. The highest BCUT2D eigenvalue weighted by Crippen LogP contribution is 2.28. The molecule has 0 radical (unpaired) electrons. The SMILES string of the molecule is O=C(O)C1CS(=O)CC(c2nc3ccccc3s2)N1. The zero-order valence-electron chi connectivity index (χ0n) is 9.91. The number of thiazole rings is 1. The molecule has 2 aromatic rings. The van der Waals surface area contributed by atoms with E-state index in [1.807, 2.05) is 24.3 Å². The van der Waals surface area contributed by atoms with Gasteiger partial charge in [0.2, 0.25) is 0 Å². The van der Waals surface area contributed by atoms with Crippen molar-refractivity contribution in [2.75, 3.05) is 11.5 Å². The molecule has 1 aliphatic heterocycles. The summed E-state index contributed by atoms with van der Waals surface area (Å²) in [7, 11) is -1.12. The van der Waals surface area contributed by atoms with E-state index in [4.69, 9.17) is 5.11 Å². The summed E-state index contributed by atoms with van der Waals surface area (Å²) in [5.74, 6) is -0.375. The smallest absolute Gasteiger partial charge is 0.321 e. The highest BCUT2D eigenvalue weighted by atomic mass is 32.2. The molecule has 1 aliphatic rings. The molecule has 1 fully saturated rings. The van der Waals surface area contributed by atoms with Crippen molar-refractivity contribution in [1.82, 2.24) is 10.3 Å². The molecule has 19 heavy (non-hydrogen) atoms. The average Bonchev–Trinajstić information content (AvgIpc) is 2.81. The molecule has 2 N–H and O–H groups in total. The van der Waals surface area contributed by atoms with Crippen LogP contribution >= 0.6 is 11.3 Å². The van der Waals surface area contributed by atoms with Crippen molar-refractivity contribution in [3.8, 4) is 0 Å². The molecule has 0 saturated carbocycles. The molecule has 7 heteroatoms. The van der Waals surface area contributed by atoms with E-state index in [2.05, 4.69) is 10.3 Å². The van der Waals surface area contributed by atoms with E-state index >= 15 is 0 Å². The van der Waals surface area contributed by atoms with Crippen LogP contribution in [0, 0.1) is 0 Å². The summed E-state index contributed by atoms with van der Waals surface area (Å²) in [4.78, 5) is 15.5. The molecule has 3 atom stereocenters. The lowest BCUT2D eigenvalue weighted by molar-refractivity contribution is -0.139. The van der Waals surface area contributed by atoms with Crippen molar-refractivity contribution in [3.05, 3.63) is 29.3 Å². The van der Waals surface area contributed by atoms with Crippen LogP contribution in [0.15, 0.2) is 24.3 Å². The topological polar surface area (TPSA) is 79.3 Å². The van der Waals surface area contributed by atoms with Crippen LogP contribution in [0.2, 0.25) is 0 Å². The van der Waals surface area contributed by atoms with Crippen LogP contribution in [0.3, 0.4) is 0 Å². The largest absolute Gasteiger partial charge is 0.480 e. The fraction of sp³-hybridized carbons (Fsp3) is 0.333. The quantitative estimate of drug-likeness (QED) is 0.869. The third-order valence-corrected chi connectivity index (χ3v) is 5.57. The number of carbonyl (C=O) groups is 1. The summed E-state index contributed by atoms with van der Waals surface area (Å²) in [6.07, 6.45) is 0. The van der Waals surface area contributed by atoms with Crippen LogP contribution in [-0.4, -0.2) is 37.8 Å². The Morgan fingerprint density at radius 3 is 2.95 bits per heavy atom. The fourth-order valence-corrected chi connectivity index (χ4v) is 4.61. The van der Waals surface area contributed by atoms with Crippen LogP contribution < -0.4 is 5.32 Å². The number of carboxylic acid groups (broad SMARTS) is 1. The Morgan fingerprint density at radius 2 is 2.21 bits per heavy atom. The number of aliphatic carboxylic acids is 1. The highest BCUT2D eigenvalue weighted by Gasteiger charge is 2.32. The standard InChI is InChI=1S/C12H12N2O3S2/c15-12(16)9-6-19(17)5-8(13-9)11-14-7-3-1-2-4-10(7)18-11/h1-4,8-9,13H,5-6H2,(H,15,16). The number of rotatable bonds is 2. The lowest BCUT2D eigenvalue weighted by Crippen LogP contribution is -2.49. The second-order valence-electron chi connectivity index (χ2n) is 4.40. The Labute approximate surface area is 116 Å². The van der Waals surface area contributed by atoms with Crippen LogP contribution in [0.5, 0.6) is 0 Å². The molecule has 1 saturated heterocycles. The van der Waals surface area contributed by atoms with E-state index in [0.717, 1.165) is 15.2 Å². The molecule has 3 unspecified atom stereocenters. The number of hydrogen-bond donors (Lipinski definition) is 2. The second kappa shape index (κ2) is 4.99. The number of para-hydroxylation sites is 1. The van der Waals surface area contributed by atoms with Gasteiger partial charge in [-0.25, -0.2) is 4.98 Å². The summed E-state index contributed by atoms with van der Waals surface area (Å²) in [6, 6.07) is 6.75. The maximum absolute atomic E-state index is 11.8. The van der Waals surface area contributed by atoms with Crippen LogP contribution in [0.4, 0.5) is 0 Å². The van der Waals surface area contributed by atoms with Crippen molar-refractivity contribution in [2.45, 2.75) is 12.1 Å². The van der Waals surface area contributed by atoms with Gasteiger partial charge >= 0.3 is 5.97 Å². The molecule has 0 spiro atoms. The molecular formula is C12H12N2O3S2. The molecule has 0 aliphatic carbocycles. The number of carboxylic acids is 1. The van der Waals surface area contributed by atoms with Gasteiger partial charge in [-0.3, -0.25) is 14.3 Å². The molecule has 5 nitrogen and oxygen atoms in total. The van der Waals surface area contributed by atoms with E-state index < -0.39 is 22.8 Å². The summed E-state index contributed by atoms with van der Waals surface area (Å²) in [5.41, 5.74) is 0.896. The van der Waals surface area contributed by atoms with Gasteiger partial charge in [-0.15, -0.1) is 11.3 Å². The third-order valence-electron chi connectivity index (χ3n) is 3.01. The third kappa shape index (κ3) is 2.54. The molecule has 2 heterocycles. The zero-order valence-corrected chi connectivity index (χ0v) is 11.5. The van der Waals surface area contributed by atoms with Crippen LogP contribution in [-0.2, 0) is 15.6 Å². The maximum Gasteiger partial charge on any atom is 0.321 e. The maximum atomic E-state index is 11.8. The van der Waals surface area contributed by atoms with Crippen molar-refractivity contribution in [2.24, 2.45) is 0 Å². The monoisotopic (exact) mass is 296 g/mol. The predicted octanol–water partition coefficient (Wildman–Crippen LogP) is 1.14. The zero-order chi connectivity index (χ0) is 13.4. The van der Waals surface area contributed by atoms with Gasteiger partial charge in [0.15, 0.2) is 0 Å². The number of benzene rings is 1. The van der Waals surface area contributed by atoms with Gasteiger partial charge < -0.3 is 5.11 Å². The first-order valence-corrected chi connectivity index (χ1v) is 8.13. The van der Waals surface area contributed by atoms with Crippen molar-refractivity contribution in [3.63, 3.8) is 0 Å². The van der Waals surface area contributed by atoms with Gasteiger partial charge in [0.05, 0.1) is 16.3 Å². The van der Waals surface area contributed by atoms with Crippen LogP contribution in [0.25, 0.3) is 10.2 Å². The first-order valence-electron chi connectivity index (χ1n) is 5.83. The second-order valence-corrected chi connectivity index (χ2v) is 7.01. The fourth-order valence-electron chi connectivity index (χ4n) is 2.10. The van der Waals surface area contributed by atoms with E-state index in [9.17, 15) is 9.00 Å². The van der Waals surface area contributed by atoms with Crippen molar-refractivity contribution in [1.29, 1.82) is 0 Å². The Kier molecular flexibility index (Phi) is 3.34. The van der Waals surface area contributed by atoms with Gasteiger partial charge in [-0.05, 0) is 12.1 Å². The number of nitrogens with zero attached hydrogens (tertiary/aromatic N) is 1. The van der Waals surface area contributed by atoms with Gasteiger partial charge in [0.25, 0.3) is 0 Å². The summed E-state index contributed by atoms with van der Waals surface area (Å²) in [6.45, 7) is 0. The summed E-state index contributed by atoms with van der Waals surface area (Å²) in [5, 5.41) is 12.9. The minimum atomic E-state index is -1.12. The minimum absolute atomic E-state index is 0.163. The Bertz CT molecular complexity index is 622. The summed E-state index contributed by atoms with van der Waals surface area (Å²) < 4.78 is 12.8. The van der Waals surface area contributed by atoms with Crippen LogP contribution in [0.1, 0.15) is 11.0 Å². The molecule has 1 aromatic carbocycles. The molecular weight excluding hydrogens is 284 g/mol. The Morgan fingerprint density at radius 1 is 1.42 bits per heavy atom. The van der Waals surface area contributed by atoms with Gasteiger partial charge in [0, 0.05) is 22.3 Å². The number of hydrogen-bond acceptors (Lipinski definition) is 5. The van der Waals surface area contributed by atoms with E-state index in [1.54, 1.807) is 0 Å². The normalized spacial score (nSPS) is 27.5. The van der Waals surface area contributed by atoms with Crippen molar-refractivity contribution >= 4 is 38.3 Å². The Hall–Kier alpha value is -1.31. The first kappa shape index (κ1) is 12.7. The van der Waals surface area contributed by atoms with E-state index in [1.165, 1.54) is 11.3 Å². The molecule has 1 aromatic heterocycles. The molecule has 3 rings (SSSR count). The first-order chi connectivity index (χ1) is 9.13. The summed E-state index contributed by atoms with van der Waals surface area (Å²) >= 11 is 1.52. The average molecular weight is 296 g/mol. The van der Waals surface area contributed by atoms with E-state index in [0.29, 0.717) is 5.75 Å². The van der Waals surface area contributed by atoms with Gasteiger partial charge in [-0.2, -0.15) is 0 Å². The minimum Gasteiger partial charge on any atom is -0.480 e. The number of nitrogens with one attached hydrogen (secondary N) is 1. The van der Waals surface area contributed by atoms with Gasteiger partial charge in [-0.1, -0.05) is 12.1 Å². The number of fused-ring (bicyclic) bond motifs is 1. The lowest BCUT2D eigenvalue weighted by atomic mass is 10.2. The molecule has 100 valence electrons. The Balaban J connectivity index is 1.92. The number of aromatic nitrogens is 1.